The Morgan fingerprint density at radius 2 is 0.683 bits per heavy atom. The fourth-order valence-electron chi connectivity index (χ4n) is 9.97. The van der Waals surface area contributed by atoms with Gasteiger partial charge in [0.1, 0.15) is 0 Å². The first kappa shape index (κ1) is 36.7. The second-order valence-electron chi connectivity index (χ2n) is 16.5. The third kappa shape index (κ3) is 6.37. The van der Waals surface area contributed by atoms with E-state index in [0.29, 0.717) is 0 Å². The highest BCUT2D eigenvalue weighted by molar-refractivity contribution is 7.01. The van der Waals surface area contributed by atoms with Crippen LogP contribution in [0.3, 0.4) is 0 Å². The highest BCUT2D eigenvalue weighted by Gasteiger charge is 2.45. The fraction of sp³-hybridized carbons (Fsp3) is 0. The van der Waals surface area contributed by atoms with Gasteiger partial charge in [0.25, 0.3) is 6.71 Å². The third-order valence-electron chi connectivity index (χ3n) is 12.8. The maximum atomic E-state index is 2.54. The summed E-state index contributed by atoms with van der Waals surface area (Å²) in [6.45, 7) is -0.0710. The van der Waals surface area contributed by atoms with E-state index in [1.165, 1.54) is 94.8 Å². The average molecular weight is 801 g/mol. The fourth-order valence-corrected chi connectivity index (χ4v) is 9.97. The van der Waals surface area contributed by atoms with Gasteiger partial charge in [0.15, 0.2) is 0 Å². The van der Waals surface area contributed by atoms with Gasteiger partial charge < -0.3 is 9.80 Å². The maximum absolute atomic E-state index is 2.54. The Hall–Kier alpha value is -8.14. The molecular formula is C60H41BN2. The van der Waals surface area contributed by atoms with Gasteiger partial charge in [-0.1, -0.05) is 200 Å². The molecule has 2 aliphatic rings. The molecule has 2 nitrogen and oxygen atoms in total. The van der Waals surface area contributed by atoms with Gasteiger partial charge in [0, 0.05) is 34.1 Å². The first-order valence-electron chi connectivity index (χ1n) is 21.8. The Morgan fingerprint density at radius 1 is 0.238 bits per heavy atom. The summed E-state index contributed by atoms with van der Waals surface area (Å²) < 4.78 is 0. The molecule has 294 valence electrons. The molecule has 63 heavy (non-hydrogen) atoms. The van der Waals surface area contributed by atoms with Crippen LogP contribution in [-0.4, -0.2) is 6.71 Å². The Bertz CT molecular complexity index is 3260. The number of nitrogens with zero attached hydrogens (tertiary/aromatic N) is 2. The van der Waals surface area contributed by atoms with Gasteiger partial charge >= 0.3 is 0 Å². The first-order valence-corrected chi connectivity index (χ1v) is 21.8. The second kappa shape index (κ2) is 15.4. The van der Waals surface area contributed by atoms with Crippen LogP contribution in [0.5, 0.6) is 0 Å². The van der Waals surface area contributed by atoms with Gasteiger partial charge in [0.2, 0.25) is 0 Å². The summed E-state index contributed by atoms with van der Waals surface area (Å²) in [5, 5.41) is 0. The van der Waals surface area contributed by atoms with Crippen LogP contribution in [-0.2, 0) is 0 Å². The van der Waals surface area contributed by atoms with Crippen LogP contribution in [0.1, 0.15) is 0 Å². The third-order valence-corrected chi connectivity index (χ3v) is 12.8. The lowest BCUT2D eigenvalue weighted by molar-refractivity contribution is 1.25. The summed E-state index contributed by atoms with van der Waals surface area (Å²) in [6.07, 6.45) is 0. The van der Waals surface area contributed by atoms with E-state index in [1.54, 1.807) is 0 Å². The summed E-state index contributed by atoms with van der Waals surface area (Å²) in [4.78, 5) is 5.06. The molecular weight excluding hydrogens is 759 g/mol. The van der Waals surface area contributed by atoms with E-state index < -0.39 is 0 Å². The smallest absolute Gasteiger partial charge is 0.252 e. The van der Waals surface area contributed by atoms with Gasteiger partial charge in [-0.2, -0.15) is 0 Å². The number of hydrogen-bond donors (Lipinski definition) is 0. The molecule has 0 atom stereocenters. The number of rotatable bonds is 7. The van der Waals surface area contributed by atoms with Crippen molar-refractivity contribution in [3.05, 3.63) is 249 Å². The van der Waals surface area contributed by atoms with Crippen molar-refractivity contribution in [2.75, 3.05) is 9.80 Å². The normalized spacial score (nSPS) is 12.3. The molecule has 0 amide bonds. The largest absolute Gasteiger partial charge is 0.311 e. The minimum absolute atomic E-state index is 0.0710. The summed E-state index contributed by atoms with van der Waals surface area (Å²) in [5.41, 5.74) is 22.8. The lowest BCUT2D eigenvalue weighted by Crippen LogP contribution is -2.62. The van der Waals surface area contributed by atoms with Crippen LogP contribution >= 0.6 is 0 Å². The molecule has 12 rings (SSSR count). The SMILES string of the molecule is c1ccc(-c2ccc(N3c4ccc(-c5ccccc5)cc4B4c5c(-c6ccccc6)cccc5N(c5cccc(-c6ccccc6)c5)c5cc(-c6ccccc6)cc3c54)cc2)cc1. The van der Waals surface area contributed by atoms with Crippen LogP contribution in [0.4, 0.5) is 34.1 Å². The Balaban J connectivity index is 1.19. The Labute approximate surface area is 369 Å². The van der Waals surface area contributed by atoms with Gasteiger partial charge in [-0.25, -0.2) is 0 Å². The van der Waals surface area contributed by atoms with Crippen molar-refractivity contribution in [2.24, 2.45) is 0 Å². The molecule has 2 aliphatic heterocycles. The van der Waals surface area contributed by atoms with Crippen molar-refractivity contribution in [3.8, 4) is 55.6 Å². The van der Waals surface area contributed by atoms with E-state index in [0.717, 1.165) is 11.4 Å². The average Bonchev–Trinajstić information content (AvgIpc) is 3.37. The molecule has 3 heteroatoms. The van der Waals surface area contributed by atoms with E-state index in [1.807, 2.05) is 0 Å². The molecule has 2 heterocycles. The van der Waals surface area contributed by atoms with Crippen molar-refractivity contribution in [3.63, 3.8) is 0 Å². The lowest BCUT2D eigenvalue weighted by atomic mass is 9.32. The van der Waals surface area contributed by atoms with Crippen LogP contribution in [0.2, 0.25) is 0 Å². The minimum atomic E-state index is -0.0710. The second-order valence-corrected chi connectivity index (χ2v) is 16.5. The Morgan fingerprint density at radius 3 is 1.27 bits per heavy atom. The van der Waals surface area contributed by atoms with Crippen molar-refractivity contribution < 1.29 is 0 Å². The molecule has 10 aromatic rings. The van der Waals surface area contributed by atoms with E-state index in [-0.39, 0.29) is 6.71 Å². The van der Waals surface area contributed by atoms with Crippen LogP contribution in [0, 0.1) is 0 Å². The number of fused-ring (bicyclic) bond motifs is 4. The number of benzene rings is 10. The number of anilines is 6. The Kier molecular flexibility index (Phi) is 8.97. The summed E-state index contributed by atoms with van der Waals surface area (Å²) in [7, 11) is 0. The van der Waals surface area contributed by atoms with Crippen LogP contribution in [0.25, 0.3) is 55.6 Å². The lowest BCUT2D eigenvalue weighted by Gasteiger charge is -2.45. The molecule has 0 spiro atoms. The van der Waals surface area contributed by atoms with E-state index in [2.05, 4.69) is 259 Å². The van der Waals surface area contributed by atoms with Gasteiger partial charge in [-0.3, -0.25) is 0 Å². The van der Waals surface area contributed by atoms with Gasteiger partial charge in [0.05, 0.1) is 0 Å². The van der Waals surface area contributed by atoms with Gasteiger partial charge in [-0.15, -0.1) is 0 Å². The quantitative estimate of drug-likeness (QED) is 0.148. The zero-order valence-electron chi connectivity index (χ0n) is 34.6. The number of hydrogen-bond acceptors (Lipinski definition) is 2. The van der Waals surface area contributed by atoms with Crippen LogP contribution in [0.15, 0.2) is 249 Å². The predicted molar refractivity (Wildman–Crippen MR) is 268 cm³/mol. The molecule has 0 aromatic heterocycles. The molecule has 0 fully saturated rings. The molecule has 0 saturated carbocycles. The molecule has 0 saturated heterocycles. The monoisotopic (exact) mass is 800 g/mol. The maximum Gasteiger partial charge on any atom is 0.252 e. The summed E-state index contributed by atoms with van der Waals surface area (Å²) >= 11 is 0. The van der Waals surface area contributed by atoms with E-state index in [4.69, 9.17) is 0 Å². The minimum Gasteiger partial charge on any atom is -0.311 e. The summed E-state index contributed by atoms with van der Waals surface area (Å²) in [6, 6.07) is 91.2. The zero-order chi connectivity index (χ0) is 41.7. The topological polar surface area (TPSA) is 6.48 Å². The molecule has 0 N–H and O–H groups in total. The van der Waals surface area contributed by atoms with Gasteiger partial charge in [-0.05, 0) is 121 Å². The first-order chi connectivity index (χ1) is 31.3. The molecule has 0 radical (unpaired) electrons. The molecule has 0 aliphatic carbocycles. The highest BCUT2D eigenvalue weighted by Crippen LogP contribution is 2.48. The molecule has 10 aromatic carbocycles. The molecule has 0 unspecified atom stereocenters. The van der Waals surface area contributed by atoms with Crippen LogP contribution < -0.4 is 26.2 Å². The standard InChI is InChI=1S/C60H41BN2/c1-6-18-42(19-7-1)46-32-35-51(36-33-46)62-55-37-34-49(44-22-10-3-11-23-44)39-54(55)61-59-53(47-26-14-5-15-27-47)30-17-31-56(59)63(52-29-16-28-48(38-52)43-20-8-2-9-21-43)58-41-50(40-57(62)60(58)61)45-24-12-4-13-25-45/h1-41H. The molecule has 0 bridgehead atoms. The van der Waals surface area contributed by atoms with Crippen molar-refractivity contribution in [1.82, 2.24) is 0 Å². The highest BCUT2D eigenvalue weighted by atomic mass is 15.2. The summed E-state index contributed by atoms with van der Waals surface area (Å²) in [5.74, 6) is 0. The predicted octanol–water partition coefficient (Wildman–Crippen LogP) is 14.1. The zero-order valence-corrected chi connectivity index (χ0v) is 34.6. The van der Waals surface area contributed by atoms with Crippen molar-refractivity contribution in [2.45, 2.75) is 0 Å². The van der Waals surface area contributed by atoms with E-state index >= 15 is 0 Å². The van der Waals surface area contributed by atoms with E-state index in [9.17, 15) is 0 Å². The van der Waals surface area contributed by atoms with Crippen molar-refractivity contribution >= 4 is 57.2 Å². The van der Waals surface area contributed by atoms with Crippen molar-refractivity contribution in [1.29, 1.82) is 0 Å².